The van der Waals surface area contributed by atoms with Crippen molar-refractivity contribution in [2.24, 2.45) is 5.92 Å². The van der Waals surface area contributed by atoms with Crippen molar-refractivity contribution in [3.8, 4) is 0 Å². The minimum absolute atomic E-state index is 0.155. The molecule has 0 aromatic heterocycles. The van der Waals surface area contributed by atoms with Gasteiger partial charge >= 0.3 is 12.1 Å². The molecule has 128 valence electrons. The Kier molecular flexibility index (Phi) is 6.53. The van der Waals surface area contributed by atoms with Crippen LogP contribution < -0.4 is 5.32 Å². The van der Waals surface area contributed by atoms with Gasteiger partial charge in [-0.1, -0.05) is 19.1 Å². The number of carboxylic acid groups (broad SMARTS) is 1. The molecule has 0 radical (unpaired) electrons. The van der Waals surface area contributed by atoms with Gasteiger partial charge in [-0.25, -0.2) is 9.18 Å². The Morgan fingerprint density at radius 2 is 1.96 bits per heavy atom. The van der Waals surface area contributed by atoms with Crippen LogP contribution in [0.2, 0.25) is 0 Å². The lowest BCUT2D eigenvalue weighted by atomic mass is 9.97. The van der Waals surface area contributed by atoms with Crippen LogP contribution in [-0.2, 0) is 16.0 Å². The molecule has 0 fully saturated rings. The van der Waals surface area contributed by atoms with Gasteiger partial charge in [0.1, 0.15) is 11.9 Å². The molecule has 0 aliphatic heterocycles. The zero-order valence-electron chi connectivity index (χ0n) is 12.4. The largest absolute Gasteiger partial charge is 0.480 e. The molecule has 1 rings (SSSR count). The maximum absolute atomic E-state index is 13.0. The van der Waals surface area contributed by atoms with Crippen molar-refractivity contribution in [3.05, 3.63) is 35.6 Å². The summed E-state index contributed by atoms with van der Waals surface area (Å²) in [6, 6.07) is 3.75. The fraction of sp³-hybridized carbons (Fsp3) is 0.467. The van der Waals surface area contributed by atoms with Gasteiger partial charge in [-0.3, -0.25) is 4.79 Å². The van der Waals surface area contributed by atoms with Crippen molar-refractivity contribution < 1.29 is 32.3 Å². The number of alkyl halides is 3. The summed E-state index contributed by atoms with van der Waals surface area (Å²) in [6.07, 6.45) is -6.13. The van der Waals surface area contributed by atoms with Gasteiger partial charge in [0.15, 0.2) is 0 Å². The Morgan fingerprint density at radius 1 is 1.30 bits per heavy atom. The molecule has 8 heteroatoms. The van der Waals surface area contributed by atoms with E-state index in [0.29, 0.717) is 12.0 Å². The first-order chi connectivity index (χ1) is 10.6. The van der Waals surface area contributed by atoms with E-state index in [0.717, 1.165) is 0 Å². The van der Waals surface area contributed by atoms with Gasteiger partial charge in [-0.05, 0) is 30.0 Å². The third-order valence-corrected chi connectivity index (χ3v) is 3.08. The fourth-order valence-electron chi connectivity index (χ4n) is 2.14. The Morgan fingerprint density at radius 3 is 2.48 bits per heavy atom. The van der Waals surface area contributed by atoms with Crippen molar-refractivity contribution in [1.82, 2.24) is 5.32 Å². The highest BCUT2D eigenvalue weighted by Gasteiger charge is 2.36. The second-order valence-electron chi connectivity index (χ2n) is 5.42. The molecule has 2 N–H and O–H groups in total. The summed E-state index contributed by atoms with van der Waals surface area (Å²) in [5, 5.41) is 10.6. The van der Waals surface area contributed by atoms with Gasteiger partial charge < -0.3 is 10.4 Å². The van der Waals surface area contributed by atoms with E-state index in [1.165, 1.54) is 18.2 Å². The smallest absolute Gasteiger partial charge is 0.391 e. The van der Waals surface area contributed by atoms with E-state index in [1.807, 2.05) is 5.32 Å². The summed E-state index contributed by atoms with van der Waals surface area (Å²) < 4.78 is 49.8. The summed E-state index contributed by atoms with van der Waals surface area (Å²) in [5.74, 6) is -3.23. The molecule has 4 nitrogen and oxygen atoms in total. The second kappa shape index (κ2) is 7.94. The molecule has 0 saturated heterocycles. The summed E-state index contributed by atoms with van der Waals surface area (Å²) in [6.45, 7) is 1.67. The first kappa shape index (κ1) is 18.9. The van der Waals surface area contributed by atoms with Crippen LogP contribution in [0, 0.1) is 11.7 Å². The van der Waals surface area contributed by atoms with E-state index in [9.17, 15) is 27.2 Å². The van der Waals surface area contributed by atoms with Crippen LogP contribution >= 0.6 is 0 Å². The van der Waals surface area contributed by atoms with Crippen LogP contribution in [-0.4, -0.2) is 29.2 Å². The standard InChI is InChI=1S/C15H17F4NO3/c1-9(5-10-3-2-4-11(16)7-10)6-13(21)20-12(14(22)23)8-15(17,18)19/h2-4,7,9,12H,5-6,8H2,1H3,(H,20,21)(H,22,23). The molecular weight excluding hydrogens is 318 g/mol. The van der Waals surface area contributed by atoms with Gasteiger partial charge in [0.2, 0.25) is 5.91 Å². The Labute approximate surface area is 130 Å². The van der Waals surface area contributed by atoms with E-state index >= 15 is 0 Å². The lowest BCUT2D eigenvalue weighted by molar-refractivity contribution is -0.160. The third kappa shape index (κ3) is 7.62. The van der Waals surface area contributed by atoms with Gasteiger partial charge in [0.25, 0.3) is 0 Å². The number of hydrogen-bond donors (Lipinski definition) is 2. The number of carbonyl (C=O) groups excluding carboxylic acids is 1. The lowest BCUT2D eigenvalue weighted by Crippen LogP contribution is -2.44. The third-order valence-electron chi connectivity index (χ3n) is 3.08. The summed E-state index contributed by atoms with van der Waals surface area (Å²) in [4.78, 5) is 22.5. The van der Waals surface area contributed by atoms with E-state index in [2.05, 4.69) is 0 Å². The monoisotopic (exact) mass is 335 g/mol. The summed E-state index contributed by atoms with van der Waals surface area (Å²) in [5.41, 5.74) is 0.648. The number of rotatable bonds is 7. The molecule has 0 spiro atoms. The summed E-state index contributed by atoms with van der Waals surface area (Å²) >= 11 is 0. The normalized spacial score (nSPS) is 14.1. The highest BCUT2D eigenvalue weighted by atomic mass is 19.4. The van der Waals surface area contributed by atoms with E-state index < -0.39 is 36.3 Å². The topological polar surface area (TPSA) is 66.4 Å². The molecule has 0 saturated carbocycles. The second-order valence-corrected chi connectivity index (χ2v) is 5.42. The highest BCUT2D eigenvalue weighted by molar-refractivity contribution is 5.83. The minimum Gasteiger partial charge on any atom is -0.480 e. The number of hydrogen-bond acceptors (Lipinski definition) is 2. The zero-order valence-corrected chi connectivity index (χ0v) is 12.4. The van der Waals surface area contributed by atoms with Gasteiger partial charge in [0.05, 0.1) is 6.42 Å². The summed E-state index contributed by atoms with van der Waals surface area (Å²) in [7, 11) is 0. The van der Waals surface area contributed by atoms with Crippen LogP contribution in [0.5, 0.6) is 0 Å². The molecule has 1 aromatic rings. The molecule has 2 unspecified atom stereocenters. The number of benzene rings is 1. The maximum Gasteiger partial charge on any atom is 0.391 e. The average molecular weight is 335 g/mol. The maximum atomic E-state index is 13.0. The number of halogens is 4. The molecule has 0 aliphatic rings. The Balaban J connectivity index is 2.55. The highest BCUT2D eigenvalue weighted by Crippen LogP contribution is 2.22. The van der Waals surface area contributed by atoms with Crippen molar-refractivity contribution in [2.45, 2.75) is 38.4 Å². The van der Waals surface area contributed by atoms with Crippen molar-refractivity contribution in [2.75, 3.05) is 0 Å². The molecule has 23 heavy (non-hydrogen) atoms. The van der Waals surface area contributed by atoms with Gasteiger partial charge in [-0.15, -0.1) is 0 Å². The predicted molar refractivity (Wildman–Crippen MR) is 74.1 cm³/mol. The quantitative estimate of drug-likeness (QED) is 0.753. The van der Waals surface area contributed by atoms with Crippen molar-refractivity contribution in [3.63, 3.8) is 0 Å². The number of nitrogens with one attached hydrogen (secondary N) is 1. The van der Waals surface area contributed by atoms with Crippen LogP contribution in [0.3, 0.4) is 0 Å². The SMILES string of the molecule is CC(CC(=O)NC(CC(F)(F)F)C(=O)O)Cc1cccc(F)c1. The Bertz CT molecular complexity index is 560. The van der Waals surface area contributed by atoms with Crippen molar-refractivity contribution >= 4 is 11.9 Å². The van der Waals surface area contributed by atoms with Crippen molar-refractivity contribution in [1.29, 1.82) is 0 Å². The molecule has 2 atom stereocenters. The van der Waals surface area contributed by atoms with E-state index in [4.69, 9.17) is 5.11 Å². The van der Waals surface area contributed by atoms with Crippen LogP contribution in [0.25, 0.3) is 0 Å². The van der Waals surface area contributed by atoms with Crippen LogP contribution in [0.15, 0.2) is 24.3 Å². The molecule has 0 bridgehead atoms. The van der Waals surface area contributed by atoms with E-state index in [1.54, 1.807) is 13.0 Å². The average Bonchev–Trinajstić information content (AvgIpc) is 2.35. The van der Waals surface area contributed by atoms with E-state index in [-0.39, 0.29) is 12.3 Å². The van der Waals surface area contributed by atoms with Gasteiger partial charge in [-0.2, -0.15) is 13.2 Å². The molecular formula is C15H17F4NO3. The number of amides is 1. The van der Waals surface area contributed by atoms with Gasteiger partial charge in [0, 0.05) is 6.42 Å². The number of aliphatic carboxylic acids is 1. The number of carbonyl (C=O) groups is 2. The minimum atomic E-state index is -4.69. The Hall–Kier alpha value is -2.12. The zero-order chi connectivity index (χ0) is 17.6. The lowest BCUT2D eigenvalue weighted by Gasteiger charge is -2.18. The molecule has 0 heterocycles. The van der Waals surface area contributed by atoms with Crippen LogP contribution in [0.4, 0.5) is 17.6 Å². The first-order valence-corrected chi connectivity index (χ1v) is 6.90. The fourth-order valence-corrected chi connectivity index (χ4v) is 2.14. The van der Waals surface area contributed by atoms with Crippen LogP contribution in [0.1, 0.15) is 25.3 Å². The molecule has 0 aliphatic carbocycles. The predicted octanol–water partition coefficient (Wildman–Crippen LogP) is 2.92. The first-order valence-electron chi connectivity index (χ1n) is 6.90. The number of carboxylic acids is 1. The molecule has 1 amide bonds. The molecule has 1 aromatic carbocycles.